The highest BCUT2D eigenvalue weighted by atomic mass is 16.2. The first-order chi connectivity index (χ1) is 10.3. The summed E-state index contributed by atoms with van der Waals surface area (Å²) in [5.41, 5.74) is 7.16. The summed E-state index contributed by atoms with van der Waals surface area (Å²) in [5, 5.41) is 0. The lowest BCUT2D eigenvalue weighted by Gasteiger charge is -2.34. The van der Waals surface area contributed by atoms with Crippen LogP contribution in [0.1, 0.15) is 38.2 Å². The summed E-state index contributed by atoms with van der Waals surface area (Å²) in [6.07, 6.45) is 5.46. The molecular weight excluding hydrogens is 260 g/mol. The lowest BCUT2D eigenvalue weighted by Crippen LogP contribution is -2.43. The molecule has 3 heteroatoms. The Morgan fingerprint density at radius 3 is 2.62 bits per heavy atom. The molecule has 1 aliphatic rings. The van der Waals surface area contributed by atoms with Crippen LogP contribution in [-0.2, 0) is 11.2 Å². The zero-order valence-electron chi connectivity index (χ0n) is 13.1. The van der Waals surface area contributed by atoms with Crippen LogP contribution in [0.2, 0.25) is 0 Å². The van der Waals surface area contributed by atoms with Crippen molar-refractivity contribution in [3.8, 4) is 0 Å². The number of rotatable bonds is 6. The van der Waals surface area contributed by atoms with Crippen LogP contribution >= 0.6 is 0 Å². The van der Waals surface area contributed by atoms with Crippen molar-refractivity contribution in [2.75, 3.05) is 19.6 Å². The van der Waals surface area contributed by atoms with Crippen LogP contribution in [-0.4, -0.2) is 30.4 Å². The fourth-order valence-electron chi connectivity index (χ4n) is 3.38. The highest BCUT2D eigenvalue weighted by Crippen LogP contribution is 2.30. The largest absolute Gasteiger partial charge is 0.342 e. The Bertz CT molecular complexity index is 432. The smallest absolute Gasteiger partial charge is 0.226 e. The summed E-state index contributed by atoms with van der Waals surface area (Å²) in [4.78, 5) is 14.8. The Balaban J connectivity index is 1.94. The van der Waals surface area contributed by atoms with E-state index in [1.807, 2.05) is 11.0 Å². The third kappa shape index (κ3) is 4.31. The fourth-order valence-corrected chi connectivity index (χ4v) is 3.38. The maximum Gasteiger partial charge on any atom is 0.226 e. The van der Waals surface area contributed by atoms with Crippen molar-refractivity contribution < 1.29 is 4.79 Å². The molecule has 1 amide bonds. The van der Waals surface area contributed by atoms with Crippen molar-refractivity contribution in [2.24, 2.45) is 17.6 Å². The molecule has 0 bridgehead atoms. The molecule has 0 radical (unpaired) electrons. The molecule has 1 aromatic carbocycles. The topological polar surface area (TPSA) is 46.3 Å². The molecule has 1 fully saturated rings. The van der Waals surface area contributed by atoms with Crippen molar-refractivity contribution in [2.45, 2.75) is 39.0 Å². The Morgan fingerprint density at radius 1 is 1.24 bits per heavy atom. The first-order valence-electron chi connectivity index (χ1n) is 8.29. The molecule has 1 saturated carbocycles. The van der Waals surface area contributed by atoms with E-state index >= 15 is 0 Å². The molecule has 2 atom stereocenters. The summed E-state index contributed by atoms with van der Waals surface area (Å²) in [6, 6.07) is 10.4. The molecule has 1 aromatic rings. The molecule has 2 rings (SSSR count). The number of carbonyl (C=O) groups excluding carboxylic acids is 1. The second kappa shape index (κ2) is 8.18. The number of likely N-dealkylation sites (N-methyl/N-ethyl adjacent to an activating group) is 1. The molecule has 2 unspecified atom stereocenters. The molecule has 0 aromatic heterocycles. The van der Waals surface area contributed by atoms with Crippen LogP contribution in [0.3, 0.4) is 0 Å². The molecule has 1 aliphatic carbocycles. The molecule has 116 valence electrons. The number of carbonyl (C=O) groups is 1. The third-order valence-corrected chi connectivity index (χ3v) is 4.74. The van der Waals surface area contributed by atoms with Gasteiger partial charge in [0.05, 0.1) is 0 Å². The van der Waals surface area contributed by atoms with Crippen LogP contribution in [0.15, 0.2) is 30.3 Å². The third-order valence-electron chi connectivity index (χ3n) is 4.74. The molecule has 3 nitrogen and oxygen atoms in total. The van der Waals surface area contributed by atoms with E-state index in [-0.39, 0.29) is 5.92 Å². The number of nitrogens with zero attached hydrogens (tertiary/aromatic N) is 1. The Hall–Kier alpha value is -1.35. The van der Waals surface area contributed by atoms with Gasteiger partial charge < -0.3 is 10.6 Å². The second-order valence-corrected chi connectivity index (χ2v) is 6.04. The number of hydrogen-bond donors (Lipinski definition) is 1. The summed E-state index contributed by atoms with van der Waals surface area (Å²) < 4.78 is 0. The number of nitrogens with two attached hydrogens (primary N) is 1. The molecule has 0 heterocycles. The predicted molar refractivity (Wildman–Crippen MR) is 86.9 cm³/mol. The first kappa shape index (κ1) is 16.0. The summed E-state index contributed by atoms with van der Waals surface area (Å²) >= 11 is 0. The van der Waals surface area contributed by atoms with Crippen molar-refractivity contribution >= 4 is 5.91 Å². The van der Waals surface area contributed by atoms with E-state index in [9.17, 15) is 4.79 Å². The van der Waals surface area contributed by atoms with Crippen LogP contribution in [0, 0.1) is 11.8 Å². The minimum atomic E-state index is 0.152. The number of amides is 1. The Morgan fingerprint density at radius 2 is 1.95 bits per heavy atom. The van der Waals surface area contributed by atoms with Gasteiger partial charge in [-0.3, -0.25) is 4.79 Å². The zero-order valence-corrected chi connectivity index (χ0v) is 13.1. The maximum atomic E-state index is 12.8. The van der Waals surface area contributed by atoms with Crippen LogP contribution in [0.5, 0.6) is 0 Å². The molecule has 2 N–H and O–H groups in total. The molecule has 0 saturated heterocycles. The minimum absolute atomic E-state index is 0.152. The predicted octanol–water partition coefficient (Wildman–Crippen LogP) is 2.84. The van der Waals surface area contributed by atoms with Gasteiger partial charge in [0, 0.05) is 19.0 Å². The quantitative estimate of drug-likeness (QED) is 0.875. The molecular formula is C18H28N2O. The van der Waals surface area contributed by atoms with E-state index in [4.69, 9.17) is 5.73 Å². The average molecular weight is 288 g/mol. The highest BCUT2D eigenvalue weighted by molar-refractivity contribution is 5.79. The van der Waals surface area contributed by atoms with Gasteiger partial charge in [-0.15, -0.1) is 0 Å². The van der Waals surface area contributed by atoms with Crippen molar-refractivity contribution in [3.05, 3.63) is 35.9 Å². The Kier molecular flexibility index (Phi) is 6.24. The van der Waals surface area contributed by atoms with Gasteiger partial charge in [-0.25, -0.2) is 0 Å². The van der Waals surface area contributed by atoms with Crippen molar-refractivity contribution in [3.63, 3.8) is 0 Å². The standard InChI is InChI=1S/C18H28N2O/c1-2-20(13-12-15-8-4-3-5-9-15)18(21)17-11-7-6-10-16(17)14-19/h3-5,8-9,16-17H,2,6-7,10-14,19H2,1H3. The number of hydrogen-bond acceptors (Lipinski definition) is 2. The normalized spacial score (nSPS) is 22.0. The molecule has 21 heavy (non-hydrogen) atoms. The monoisotopic (exact) mass is 288 g/mol. The highest BCUT2D eigenvalue weighted by Gasteiger charge is 2.32. The lowest BCUT2D eigenvalue weighted by atomic mass is 9.78. The van der Waals surface area contributed by atoms with Crippen LogP contribution in [0.25, 0.3) is 0 Å². The van der Waals surface area contributed by atoms with E-state index in [2.05, 4.69) is 31.2 Å². The van der Waals surface area contributed by atoms with E-state index < -0.39 is 0 Å². The van der Waals surface area contributed by atoms with Gasteiger partial charge in [0.15, 0.2) is 0 Å². The summed E-state index contributed by atoms with van der Waals surface area (Å²) in [7, 11) is 0. The zero-order chi connectivity index (χ0) is 15.1. The van der Waals surface area contributed by atoms with Gasteiger partial charge in [-0.1, -0.05) is 43.2 Å². The fraction of sp³-hybridized carbons (Fsp3) is 0.611. The maximum absolute atomic E-state index is 12.8. The molecule has 0 spiro atoms. The van der Waals surface area contributed by atoms with E-state index in [1.165, 1.54) is 18.4 Å². The minimum Gasteiger partial charge on any atom is -0.342 e. The Labute approximate surface area is 128 Å². The average Bonchev–Trinajstić information content (AvgIpc) is 2.56. The van der Waals surface area contributed by atoms with Gasteiger partial charge in [-0.2, -0.15) is 0 Å². The van der Waals surface area contributed by atoms with Gasteiger partial charge in [-0.05, 0) is 44.2 Å². The summed E-state index contributed by atoms with van der Waals surface area (Å²) in [6.45, 7) is 4.32. The lowest BCUT2D eigenvalue weighted by molar-refractivity contribution is -0.138. The summed E-state index contributed by atoms with van der Waals surface area (Å²) in [5.74, 6) is 0.861. The van der Waals surface area contributed by atoms with Crippen molar-refractivity contribution in [1.82, 2.24) is 4.90 Å². The van der Waals surface area contributed by atoms with Gasteiger partial charge in [0.1, 0.15) is 0 Å². The second-order valence-electron chi connectivity index (χ2n) is 6.04. The van der Waals surface area contributed by atoms with Gasteiger partial charge in [0.25, 0.3) is 0 Å². The van der Waals surface area contributed by atoms with Crippen LogP contribution in [0.4, 0.5) is 0 Å². The number of benzene rings is 1. The first-order valence-corrected chi connectivity index (χ1v) is 8.29. The van der Waals surface area contributed by atoms with Crippen molar-refractivity contribution in [1.29, 1.82) is 0 Å². The van der Waals surface area contributed by atoms with E-state index in [1.54, 1.807) is 0 Å². The van der Waals surface area contributed by atoms with Crippen LogP contribution < -0.4 is 5.73 Å². The molecule has 0 aliphatic heterocycles. The SMILES string of the molecule is CCN(CCc1ccccc1)C(=O)C1CCCCC1CN. The van der Waals surface area contributed by atoms with Gasteiger partial charge >= 0.3 is 0 Å². The van der Waals surface area contributed by atoms with E-state index in [0.717, 1.165) is 32.4 Å². The van der Waals surface area contributed by atoms with E-state index in [0.29, 0.717) is 18.4 Å². The van der Waals surface area contributed by atoms with Gasteiger partial charge in [0.2, 0.25) is 5.91 Å².